The lowest BCUT2D eigenvalue weighted by molar-refractivity contribution is 0.118. The fourth-order valence-corrected chi connectivity index (χ4v) is 2.41. The third-order valence-corrected chi connectivity index (χ3v) is 3.76. The molecule has 2 rings (SSSR count). The summed E-state index contributed by atoms with van der Waals surface area (Å²) in [6.45, 7) is 8.43. The lowest BCUT2D eigenvalue weighted by Crippen LogP contribution is -2.47. The molecule has 2 saturated heterocycles. The Morgan fingerprint density at radius 2 is 1.40 bits per heavy atom. The van der Waals surface area contributed by atoms with E-state index in [0.717, 1.165) is 39.0 Å². The Hall–Kier alpha value is -0.730. The van der Waals surface area contributed by atoms with Crippen LogP contribution in [-0.4, -0.2) is 42.0 Å². The zero-order valence-corrected chi connectivity index (χ0v) is 9.96. The Balaban J connectivity index is 1.87. The van der Waals surface area contributed by atoms with Crippen LogP contribution in [0.3, 0.4) is 0 Å². The highest BCUT2D eigenvalue weighted by molar-refractivity contribution is 5.74. The van der Waals surface area contributed by atoms with E-state index < -0.39 is 0 Å². The summed E-state index contributed by atoms with van der Waals surface area (Å²) in [5, 5.41) is 0. The summed E-state index contributed by atoms with van der Waals surface area (Å²) >= 11 is 0. The predicted molar refractivity (Wildman–Crippen MR) is 60.8 cm³/mol. The third kappa shape index (κ3) is 2.44. The number of hydrogen-bond acceptors (Lipinski definition) is 1. The maximum atomic E-state index is 12.1. The molecule has 0 aromatic heterocycles. The molecule has 3 nitrogen and oxygen atoms in total. The lowest BCUT2D eigenvalue weighted by atomic mass is 9.83. The molecule has 2 heterocycles. The quantitative estimate of drug-likeness (QED) is 0.602. The van der Waals surface area contributed by atoms with Crippen LogP contribution in [0.25, 0.3) is 0 Å². The molecular weight excluding hydrogens is 188 g/mol. The second-order valence-electron chi connectivity index (χ2n) is 5.63. The summed E-state index contributed by atoms with van der Waals surface area (Å²) in [6, 6.07) is 0.281. The highest BCUT2D eigenvalue weighted by Gasteiger charge is 2.30. The Bertz CT molecular complexity index is 234. The first-order chi connectivity index (χ1) is 7.08. The number of urea groups is 1. The minimum absolute atomic E-state index is 0.281. The Morgan fingerprint density at radius 1 is 0.933 bits per heavy atom. The number of carbonyl (C=O) groups excluding carboxylic acids is 1. The van der Waals surface area contributed by atoms with E-state index in [-0.39, 0.29) is 6.03 Å². The molecule has 2 aliphatic heterocycles. The molecule has 0 aromatic rings. The minimum atomic E-state index is 0.281. The molecule has 86 valence electrons. The third-order valence-electron chi connectivity index (χ3n) is 3.76. The molecule has 2 amide bonds. The van der Waals surface area contributed by atoms with Crippen LogP contribution in [0, 0.1) is 5.41 Å². The van der Waals surface area contributed by atoms with Crippen molar-refractivity contribution >= 4 is 6.03 Å². The van der Waals surface area contributed by atoms with Crippen molar-refractivity contribution in [1.29, 1.82) is 0 Å². The van der Waals surface area contributed by atoms with Crippen LogP contribution in [0.5, 0.6) is 0 Å². The fraction of sp³-hybridized carbons (Fsp3) is 0.917. The molecule has 0 aliphatic carbocycles. The van der Waals surface area contributed by atoms with Crippen LogP contribution < -0.4 is 0 Å². The van der Waals surface area contributed by atoms with E-state index in [0.29, 0.717) is 5.41 Å². The topological polar surface area (TPSA) is 23.6 Å². The molecule has 15 heavy (non-hydrogen) atoms. The number of carbonyl (C=O) groups is 1. The van der Waals surface area contributed by atoms with Crippen molar-refractivity contribution in [3.05, 3.63) is 0 Å². The molecular formula is C12H22N2O. The summed E-state index contributed by atoms with van der Waals surface area (Å²) < 4.78 is 0. The first kappa shape index (κ1) is 10.8. The lowest BCUT2D eigenvalue weighted by Gasteiger charge is -2.38. The van der Waals surface area contributed by atoms with Gasteiger partial charge < -0.3 is 9.80 Å². The second-order valence-corrected chi connectivity index (χ2v) is 5.63. The number of hydrogen-bond donors (Lipinski definition) is 0. The molecule has 2 fully saturated rings. The number of amides is 2. The first-order valence-corrected chi connectivity index (χ1v) is 6.12. The van der Waals surface area contributed by atoms with Gasteiger partial charge >= 0.3 is 6.03 Å². The van der Waals surface area contributed by atoms with Gasteiger partial charge in [-0.2, -0.15) is 0 Å². The molecule has 0 N–H and O–H groups in total. The van der Waals surface area contributed by atoms with Crippen molar-refractivity contribution in [2.45, 2.75) is 39.5 Å². The van der Waals surface area contributed by atoms with Crippen LogP contribution >= 0.6 is 0 Å². The Labute approximate surface area is 92.4 Å². The van der Waals surface area contributed by atoms with Crippen LogP contribution in [0.1, 0.15) is 39.5 Å². The van der Waals surface area contributed by atoms with Gasteiger partial charge in [-0.15, -0.1) is 0 Å². The van der Waals surface area contributed by atoms with Gasteiger partial charge in [-0.1, -0.05) is 13.8 Å². The maximum Gasteiger partial charge on any atom is 0.319 e. The Morgan fingerprint density at radius 3 is 1.93 bits per heavy atom. The van der Waals surface area contributed by atoms with Crippen molar-refractivity contribution in [2.75, 3.05) is 26.2 Å². The van der Waals surface area contributed by atoms with Gasteiger partial charge in [-0.05, 0) is 31.1 Å². The van der Waals surface area contributed by atoms with E-state index in [1.165, 1.54) is 12.8 Å². The molecule has 3 heteroatoms. The molecule has 0 aromatic carbocycles. The van der Waals surface area contributed by atoms with E-state index in [2.05, 4.69) is 13.8 Å². The summed E-state index contributed by atoms with van der Waals surface area (Å²) in [5.74, 6) is 0. The zero-order valence-electron chi connectivity index (χ0n) is 9.96. The number of piperidine rings is 1. The van der Waals surface area contributed by atoms with E-state index in [1.54, 1.807) is 0 Å². The van der Waals surface area contributed by atoms with Crippen molar-refractivity contribution in [3.8, 4) is 0 Å². The number of nitrogens with zero attached hydrogens (tertiary/aromatic N) is 2. The summed E-state index contributed by atoms with van der Waals surface area (Å²) in [5.41, 5.74) is 0.432. The average molecular weight is 210 g/mol. The fourth-order valence-electron chi connectivity index (χ4n) is 2.41. The highest BCUT2D eigenvalue weighted by Crippen LogP contribution is 2.30. The van der Waals surface area contributed by atoms with Crippen LogP contribution in [-0.2, 0) is 0 Å². The molecule has 0 spiro atoms. The molecule has 0 saturated carbocycles. The predicted octanol–water partition coefficient (Wildman–Crippen LogP) is 2.32. The van der Waals surface area contributed by atoms with Crippen LogP contribution in [0.15, 0.2) is 0 Å². The smallest absolute Gasteiger partial charge is 0.319 e. The van der Waals surface area contributed by atoms with E-state index >= 15 is 0 Å². The number of likely N-dealkylation sites (tertiary alicyclic amines) is 2. The van der Waals surface area contributed by atoms with Crippen molar-refractivity contribution < 1.29 is 4.79 Å². The molecule has 2 aliphatic rings. The van der Waals surface area contributed by atoms with Gasteiger partial charge in [0, 0.05) is 26.2 Å². The molecule has 0 atom stereocenters. The summed E-state index contributed by atoms with van der Waals surface area (Å²) in [6.07, 6.45) is 4.66. The first-order valence-electron chi connectivity index (χ1n) is 6.12. The van der Waals surface area contributed by atoms with Gasteiger partial charge in [0.05, 0.1) is 0 Å². The highest BCUT2D eigenvalue weighted by atomic mass is 16.2. The van der Waals surface area contributed by atoms with E-state index in [4.69, 9.17) is 0 Å². The van der Waals surface area contributed by atoms with Gasteiger partial charge in [-0.25, -0.2) is 4.79 Å². The van der Waals surface area contributed by atoms with Gasteiger partial charge in [0.2, 0.25) is 0 Å². The molecule has 0 radical (unpaired) electrons. The van der Waals surface area contributed by atoms with E-state index in [9.17, 15) is 4.79 Å². The van der Waals surface area contributed by atoms with Crippen LogP contribution in [0.2, 0.25) is 0 Å². The normalized spacial score (nSPS) is 25.7. The number of rotatable bonds is 0. The summed E-state index contributed by atoms with van der Waals surface area (Å²) in [4.78, 5) is 16.1. The van der Waals surface area contributed by atoms with E-state index in [1.807, 2.05) is 9.80 Å². The van der Waals surface area contributed by atoms with Crippen molar-refractivity contribution in [3.63, 3.8) is 0 Å². The standard InChI is InChI=1S/C12H22N2O/c1-12(2)5-9-14(10-6-12)11(15)13-7-3-4-8-13/h3-10H2,1-2H3. The molecule has 0 unspecified atom stereocenters. The molecule has 0 bridgehead atoms. The Kier molecular flexibility index (Phi) is 2.89. The monoisotopic (exact) mass is 210 g/mol. The second kappa shape index (κ2) is 4.03. The summed E-state index contributed by atoms with van der Waals surface area (Å²) in [7, 11) is 0. The maximum absolute atomic E-state index is 12.1. The SMILES string of the molecule is CC1(C)CCN(C(=O)N2CCCC2)CC1. The van der Waals surface area contributed by atoms with Gasteiger partial charge in [-0.3, -0.25) is 0 Å². The largest absolute Gasteiger partial charge is 0.325 e. The van der Waals surface area contributed by atoms with Gasteiger partial charge in [0.15, 0.2) is 0 Å². The van der Waals surface area contributed by atoms with Crippen molar-refractivity contribution in [2.24, 2.45) is 5.41 Å². The minimum Gasteiger partial charge on any atom is -0.325 e. The van der Waals surface area contributed by atoms with Gasteiger partial charge in [0.1, 0.15) is 0 Å². The van der Waals surface area contributed by atoms with Crippen LogP contribution in [0.4, 0.5) is 4.79 Å². The van der Waals surface area contributed by atoms with Crippen molar-refractivity contribution in [1.82, 2.24) is 9.80 Å². The van der Waals surface area contributed by atoms with Gasteiger partial charge in [0.25, 0.3) is 0 Å². The zero-order chi connectivity index (χ0) is 10.9. The average Bonchev–Trinajstić information content (AvgIpc) is 2.69.